The average Bonchev–Trinajstić information content (AvgIpc) is 2.71. The third-order valence-electron chi connectivity index (χ3n) is 2.66. The number of hydrogen-bond acceptors (Lipinski definition) is 3. The van der Waals surface area contributed by atoms with Crippen molar-refractivity contribution in [3.8, 4) is 11.3 Å². The molecule has 0 saturated heterocycles. The molecule has 2 aromatic rings. The van der Waals surface area contributed by atoms with Crippen molar-refractivity contribution in [2.75, 3.05) is 0 Å². The third kappa shape index (κ3) is 1.86. The summed E-state index contributed by atoms with van der Waals surface area (Å²) in [6, 6.07) is 9.73. The largest absolute Gasteiger partial charge is 0.388 e. The van der Waals surface area contributed by atoms with Gasteiger partial charge in [0, 0.05) is 5.56 Å². The summed E-state index contributed by atoms with van der Waals surface area (Å²) in [6.45, 7) is 3.79. The van der Waals surface area contributed by atoms with Crippen molar-refractivity contribution < 1.29 is 9.63 Å². The maximum Gasteiger partial charge on any atom is 0.172 e. The van der Waals surface area contributed by atoms with Crippen molar-refractivity contribution >= 4 is 0 Å². The number of aromatic nitrogens is 1. The summed E-state index contributed by atoms with van der Waals surface area (Å²) >= 11 is 0. The molecule has 3 heteroatoms. The Labute approximate surface area is 94.7 Å². The predicted molar refractivity (Wildman–Crippen MR) is 61.9 cm³/mol. The summed E-state index contributed by atoms with van der Waals surface area (Å²) in [5.41, 5.74) is 2.51. The Hall–Kier alpha value is -1.61. The number of aliphatic hydroxyl groups excluding tert-OH is 1. The molecule has 0 bridgehead atoms. The van der Waals surface area contributed by atoms with Crippen LogP contribution in [-0.2, 0) is 0 Å². The van der Waals surface area contributed by atoms with E-state index in [1.807, 2.05) is 44.2 Å². The van der Waals surface area contributed by atoms with Crippen LogP contribution < -0.4 is 0 Å². The number of rotatable bonds is 3. The van der Waals surface area contributed by atoms with Crippen molar-refractivity contribution in [1.29, 1.82) is 0 Å². The zero-order valence-electron chi connectivity index (χ0n) is 9.47. The Balaban J connectivity index is 2.50. The molecule has 1 atom stereocenters. The lowest BCUT2D eigenvalue weighted by Gasteiger charge is -2.07. The first kappa shape index (κ1) is 10.9. The van der Waals surface area contributed by atoms with E-state index in [1.54, 1.807) is 0 Å². The van der Waals surface area contributed by atoms with E-state index in [4.69, 9.17) is 4.52 Å². The van der Waals surface area contributed by atoms with Gasteiger partial charge in [0.15, 0.2) is 5.76 Å². The molecular weight excluding hydrogens is 202 g/mol. The monoisotopic (exact) mass is 217 g/mol. The van der Waals surface area contributed by atoms with Crippen LogP contribution in [0.15, 0.2) is 34.9 Å². The Morgan fingerprint density at radius 2 is 2.00 bits per heavy atom. The van der Waals surface area contributed by atoms with Crippen LogP contribution in [0.2, 0.25) is 0 Å². The molecule has 0 aliphatic heterocycles. The maximum absolute atomic E-state index is 9.94. The molecule has 0 amide bonds. The van der Waals surface area contributed by atoms with Crippen LogP contribution in [0.25, 0.3) is 11.3 Å². The Bertz CT molecular complexity index is 462. The molecule has 3 nitrogen and oxygen atoms in total. The minimum Gasteiger partial charge on any atom is -0.388 e. The van der Waals surface area contributed by atoms with Gasteiger partial charge in [-0.2, -0.15) is 0 Å². The van der Waals surface area contributed by atoms with E-state index in [2.05, 4.69) is 5.16 Å². The standard InChI is InChI=1S/C13H15NO2/c1-3-11(15)12-9(2)14-16-13(12)10-7-5-4-6-8-10/h4-8,11,15H,3H2,1-2H3. The number of aliphatic hydroxyl groups is 1. The summed E-state index contributed by atoms with van der Waals surface area (Å²) in [4.78, 5) is 0. The van der Waals surface area contributed by atoms with Crippen LogP contribution in [0.4, 0.5) is 0 Å². The molecule has 1 N–H and O–H groups in total. The molecule has 84 valence electrons. The smallest absolute Gasteiger partial charge is 0.172 e. The normalized spacial score (nSPS) is 12.7. The molecule has 2 rings (SSSR count). The van der Waals surface area contributed by atoms with E-state index in [-0.39, 0.29) is 0 Å². The fourth-order valence-corrected chi connectivity index (χ4v) is 1.77. The molecule has 1 unspecified atom stereocenters. The van der Waals surface area contributed by atoms with Gasteiger partial charge in [-0.3, -0.25) is 0 Å². The highest BCUT2D eigenvalue weighted by atomic mass is 16.5. The van der Waals surface area contributed by atoms with Crippen LogP contribution in [-0.4, -0.2) is 10.3 Å². The van der Waals surface area contributed by atoms with Gasteiger partial charge in [0.25, 0.3) is 0 Å². The summed E-state index contributed by atoms with van der Waals surface area (Å²) in [6.07, 6.45) is 0.142. The number of hydrogen-bond donors (Lipinski definition) is 1. The fraction of sp³-hybridized carbons (Fsp3) is 0.308. The van der Waals surface area contributed by atoms with Gasteiger partial charge in [-0.15, -0.1) is 0 Å². The van der Waals surface area contributed by atoms with Crippen molar-refractivity contribution in [2.45, 2.75) is 26.4 Å². The topological polar surface area (TPSA) is 46.3 Å². The van der Waals surface area contributed by atoms with Crippen molar-refractivity contribution in [1.82, 2.24) is 5.16 Å². The highest BCUT2D eigenvalue weighted by Gasteiger charge is 2.20. The van der Waals surface area contributed by atoms with Gasteiger partial charge >= 0.3 is 0 Å². The summed E-state index contributed by atoms with van der Waals surface area (Å²) < 4.78 is 5.29. The van der Waals surface area contributed by atoms with Gasteiger partial charge in [0.2, 0.25) is 0 Å². The lowest BCUT2D eigenvalue weighted by molar-refractivity contribution is 0.173. The van der Waals surface area contributed by atoms with Gasteiger partial charge in [0.1, 0.15) is 0 Å². The highest BCUT2D eigenvalue weighted by molar-refractivity contribution is 5.62. The number of aryl methyl sites for hydroxylation is 1. The molecule has 1 aromatic heterocycles. The fourth-order valence-electron chi connectivity index (χ4n) is 1.77. The summed E-state index contributed by atoms with van der Waals surface area (Å²) in [5.74, 6) is 0.674. The molecule has 1 heterocycles. The van der Waals surface area contributed by atoms with Crippen LogP contribution in [0, 0.1) is 6.92 Å². The lowest BCUT2D eigenvalue weighted by atomic mass is 10.0. The van der Waals surface area contributed by atoms with Crippen molar-refractivity contribution in [3.63, 3.8) is 0 Å². The van der Waals surface area contributed by atoms with Crippen LogP contribution in [0.5, 0.6) is 0 Å². The van der Waals surface area contributed by atoms with E-state index in [0.717, 1.165) is 16.8 Å². The molecule has 0 fully saturated rings. The van der Waals surface area contributed by atoms with Gasteiger partial charge in [0.05, 0.1) is 17.4 Å². The van der Waals surface area contributed by atoms with Crippen molar-refractivity contribution in [2.24, 2.45) is 0 Å². The molecular formula is C13H15NO2. The predicted octanol–water partition coefficient (Wildman–Crippen LogP) is 3.09. The minimum atomic E-state index is -0.513. The molecule has 0 radical (unpaired) electrons. The Morgan fingerprint density at radius 1 is 1.31 bits per heavy atom. The Morgan fingerprint density at radius 3 is 2.62 bits per heavy atom. The molecule has 0 saturated carbocycles. The molecule has 1 aromatic carbocycles. The quantitative estimate of drug-likeness (QED) is 0.859. The van der Waals surface area contributed by atoms with E-state index in [9.17, 15) is 5.11 Å². The van der Waals surface area contributed by atoms with Gasteiger partial charge in [-0.25, -0.2) is 0 Å². The SMILES string of the molecule is CCC(O)c1c(C)noc1-c1ccccc1. The molecule has 0 aliphatic carbocycles. The van der Waals surface area contributed by atoms with Gasteiger partial charge in [-0.1, -0.05) is 42.4 Å². The number of nitrogens with zero attached hydrogens (tertiary/aromatic N) is 1. The first-order valence-corrected chi connectivity index (χ1v) is 5.43. The van der Waals surface area contributed by atoms with Gasteiger partial charge in [-0.05, 0) is 13.3 Å². The van der Waals surface area contributed by atoms with Gasteiger partial charge < -0.3 is 9.63 Å². The van der Waals surface area contributed by atoms with E-state index in [1.165, 1.54) is 0 Å². The lowest BCUT2D eigenvalue weighted by Crippen LogP contribution is -1.97. The van der Waals surface area contributed by atoms with Crippen LogP contribution in [0.1, 0.15) is 30.7 Å². The second-order valence-corrected chi connectivity index (χ2v) is 3.80. The van der Waals surface area contributed by atoms with Crippen molar-refractivity contribution in [3.05, 3.63) is 41.6 Å². The molecule has 0 aliphatic rings. The highest BCUT2D eigenvalue weighted by Crippen LogP contribution is 2.31. The molecule has 0 spiro atoms. The Kier molecular flexibility index (Phi) is 3.06. The molecule has 16 heavy (non-hydrogen) atoms. The second kappa shape index (κ2) is 4.49. The van der Waals surface area contributed by atoms with E-state index < -0.39 is 6.10 Å². The van der Waals surface area contributed by atoms with E-state index in [0.29, 0.717) is 12.2 Å². The zero-order chi connectivity index (χ0) is 11.5. The maximum atomic E-state index is 9.94. The average molecular weight is 217 g/mol. The summed E-state index contributed by atoms with van der Waals surface area (Å²) in [5, 5.41) is 13.9. The number of benzene rings is 1. The minimum absolute atomic E-state index is 0.513. The third-order valence-corrected chi connectivity index (χ3v) is 2.66. The van der Waals surface area contributed by atoms with E-state index >= 15 is 0 Å². The first-order valence-electron chi connectivity index (χ1n) is 5.43. The van der Waals surface area contributed by atoms with Crippen LogP contribution in [0.3, 0.4) is 0 Å². The second-order valence-electron chi connectivity index (χ2n) is 3.80. The first-order chi connectivity index (χ1) is 7.74. The summed E-state index contributed by atoms with van der Waals surface area (Å²) in [7, 11) is 0. The zero-order valence-corrected chi connectivity index (χ0v) is 9.47. The van der Waals surface area contributed by atoms with Crippen LogP contribution >= 0.6 is 0 Å².